The van der Waals surface area contributed by atoms with Gasteiger partial charge in [-0.3, -0.25) is 14.4 Å². The molecule has 0 aliphatic carbocycles. The predicted octanol–water partition coefficient (Wildman–Crippen LogP) is 22.8. The highest BCUT2D eigenvalue weighted by molar-refractivity contribution is 5.71. The Hall–Kier alpha value is -3.67. The fourth-order valence-corrected chi connectivity index (χ4v) is 9.36. The summed E-state index contributed by atoms with van der Waals surface area (Å²) >= 11 is 0. The highest BCUT2D eigenvalue weighted by Crippen LogP contribution is 2.17. The summed E-state index contributed by atoms with van der Waals surface area (Å²) in [7, 11) is 0. The molecule has 0 rings (SSSR count). The summed E-state index contributed by atoms with van der Waals surface area (Å²) in [6.07, 6.45) is 88.6. The second-order valence-corrected chi connectivity index (χ2v) is 22.0. The monoisotopic (exact) mass is 1080 g/mol. The average molecular weight is 1090 g/mol. The number of esters is 3. The third-order valence-electron chi connectivity index (χ3n) is 14.3. The van der Waals surface area contributed by atoms with E-state index in [1.54, 1.807) is 0 Å². The molecule has 6 heteroatoms. The molecule has 0 heterocycles. The second-order valence-electron chi connectivity index (χ2n) is 22.0. The molecule has 448 valence electrons. The van der Waals surface area contributed by atoms with Gasteiger partial charge in [0.2, 0.25) is 0 Å². The first-order valence-electron chi connectivity index (χ1n) is 33.2. The van der Waals surface area contributed by atoms with E-state index in [4.69, 9.17) is 14.2 Å². The van der Waals surface area contributed by atoms with Crippen molar-refractivity contribution in [2.45, 2.75) is 329 Å². The van der Waals surface area contributed by atoms with Crippen LogP contribution in [0.2, 0.25) is 0 Å². The van der Waals surface area contributed by atoms with Crippen LogP contribution in [-0.4, -0.2) is 37.2 Å². The average Bonchev–Trinajstić information content (AvgIpc) is 3.44. The van der Waals surface area contributed by atoms with Crippen LogP contribution in [0.3, 0.4) is 0 Å². The molecule has 78 heavy (non-hydrogen) atoms. The molecule has 0 spiro atoms. The van der Waals surface area contributed by atoms with Crippen molar-refractivity contribution in [1.82, 2.24) is 0 Å². The van der Waals surface area contributed by atoms with Gasteiger partial charge in [-0.25, -0.2) is 0 Å². The summed E-state index contributed by atoms with van der Waals surface area (Å²) in [5.74, 6) is -0.875. The summed E-state index contributed by atoms with van der Waals surface area (Å²) < 4.78 is 16.9. The number of hydrogen-bond acceptors (Lipinski definition) is 6. The van der Waals surface area contributed by atoms with Crippen LogP contribution in [0, 0.1) is 0 Å². The van der Waals surface area contributed by atoms with Crippen LogP contribution in [0.5, 0.6) is 0 Å². The Morgan fingerprint density at radius 1 is 0.269 bits per heavy atom. The fraction of sp³-hybridized carbons (Fsp3) is 0.736. The minimum atomic E-state index is -0.779. The van der Waals surface area contributed by atoms with Crippen molar-refractivity contribution in [2.75, 3.05) is 13.2 Å². The molecule has 0 aliphatic heterocycles. The van der Waals surface area contributed by atoms with Gasteiger partial charge in [0.25, 0.3) is 0 Å². The summed E-state index contributed by atoms with van der Waals surface area (Å²) in [6, 6.07) is 0. The molecule has 1 unspecified atom stereocenters. The van der Waals surface area contributed by atoms with Gasteiger partial charge in [-0.1, -0.05) is 298 Å². The molecule has 0 fully saturated rings. The Kier molecular flexibility index (Phi) is 62.7. The number of allylic oxidation sites excluding steroid dienone is 16. The van der Waals surface area contributed by atoms with Gasteiger partial charge in [0, 0.05) is 19.3 Å². The van der Waals surface area contributed by atoms with Gasteiger partial charge >= 0.3 is 17.9 Å². The Balaban J connectivity index is 4.12. The van der Waals surface area contributed by atoms with Crippen molar-refractivity contribution in [3.8, 4) is 0 Å². The Morgan fingerprint density at radius 2 is 0.500 bits per heavy atom. The van der Waals surface area contributed by atoms with E-state index in [9.17, 15) is 14.4 Å². The normalized spacial score (nSPS) is 12.7. The smallest absolute Gasteiger partial charge is 0.306 e. The zero-order chi connectivity index (χ0) is 56.4. The molecule has 0 aliphatic rings. The molecule has 0 saturated heterocycles. The molecule has 0 saturated carbocycles. The van der Waals surface area contributed by atoms with Crippen LogP contribution < -0.4 is 0 Å². The van der Waals surface area contributed by atoms with Gasteiger partial charge in [-0.05, 0) is 103 Å². The first-order valence-corrected chi connectivity index (χ1v) is 33.2. The lowest BCUT2D eigenvalue weighted by molar-refractivity contribution is -0.167. The topological polar surface area (TPSA) is 78.9 Å². The Bertz CT molecular complexity index is 1530. The zero-order valence-corrected chi connectivity index (χ0v) is 51.4. The third-order valence-corrected chi connectivity index (χ3v) is 14.3. The quantitative estimate of drug-likeness (QED) is 0.0261. The minimum Gasteiger partial charge on any atom is -0.462 e. The van der Waals surface area contributed by atoms with E-state index in [0.29, 0.717) is 19.3 Å². The molecule has 6 nitrogen and oxygen atoms in total. The fourth-order valence-electron chi connectivity index (χ4n) is 9.36. The van der Waals surface area contributed by atoms with Crippen LogP contribution in [0.4, 0.5) is 0 Å². The Morgan fingerprint density at radius 3 is 0.808 bits per heavy atom. The molecular formula is C72H124O6. The summed E-state index contributed by atoms with van der Waals surface area (Å²) in [4.78, 5) is 38.2. The van der Waals surface area contributed by atoms with E-state index in [0.717, 1.165) is 116 Å². The van der Waals surface area contributed by atoms with Crippen molar-refractivity contribution in [3.63, 3.8) is 0 Å². The van der Waals surface area contributed by atoms with Crippen molar-refractivity contribution in [1.29, 1.82) is 0 Å². The van der Waals surface area contributed by atoms with Crippen LogP contribution in [0.25, 0.3) is 0 Å². The molecule has 0 amide bonds. The van der Waals surface area contributed by atoms with E-state index >= 15 is 0 Å². The highest BCUT2D eigenvalue weighted by atomic mass is 16.6. The largest absolute Gasteiger partial charge is 0.462 e. The molecule has 1 atom stereocenters. The lowest BCUT2D eigenvalue weighted by Crippen LogP contribution is -2.30. The summed E-state index contributed by atoms with van der Waals surface area (Å²) in [6.45, 7) is 6.52. The lowest BCUT2D eigenvalue weighted by Gasteiger charge is -2.18. The maximum absolute atomic E-state index is 12.9. The number of hydrogen-bond donors (Lipinski definition) is 0. The molecular weight excluding hydrogens is 961 g/mol. The molecule has 0 aromatic carbocycles. The summed E-state index contributed by atoms with van der Waals surface area (Å²) in [5, 5.41) is 0. The number of carbonyl (C=O) groups excluding carboxylic acids is 3. The maximum Gasteiger partial charge on any atom is 0.306 e. The molecule has 0 aromatic heterocycles. The molecule has 0 N–H and O–H groups in total. The standard InChI is InChI=1S/C72H124O6/c1-4-7-10-13-16-19-22-25-26-27-28-29-30-31-32-33-34-35-36-37-38-39-40-41-42-43-44-45-46-48-50-53-56-59-62-65-71(74)77-68-69(67-76-70(73)64-61-58-55-52-49-24-21-18-15-12-9-6-3)78-72(75)66-63-60-57-54-51-47-23-20-17-14-11-8-5-2/h7,10,16,19-20,23,25-26,28-29,31-32,34-35,37-38,69H,4-6,8-9,11-15,17-18,21-22,24,27,30,33,36,39-68H2,1-3H3/b10-7-,19-16-,23-20-,26-25-,29-28-,32-31-,35-34-,38-37-. The van der Waals surface area contributed by atoms with Gasteiger partial charge in [0.1, 0.15) is 13.2 Å². The van der Waals surface area contributed by atoms with Gasteiger partial charge in [-0.2, -0.15) is 0 Å². The molecule has 0 aromatic rings. The van der Waals surface area contributed by atoms with E-state index in [1.807, 2.05) is 0 Å². The van der Waals surface area contributed by atoms with Crippen molar-refractivity contribution in [2.24, 2.45) is 0 Å². The zero-order valence-electron chi connectivity index (χ0n) is 51.4. The van der Waals surface area contributed by atoms with E-state index in [1.165, 1.54) is 167 Å². The van der Waals surface area contributed by atoms with E-state index < -0.39 is 6.10 Å². The van der Waals surface area contributed by atoms with Crippen molar-refractivity contribution < 1.29 is 28.6 Å². The summed E-state index contributed by atoms with van der Waals surface area (Å²) in [5.41, 5.74) is 0. The van der Waals surface area contributed by atoms with E-state index in [2.05, 4.69) is 118 Å². The third kappa shape index (κ3) is 63.2. The van der Waals surface area contributed by atoms with Gasteiger partial charge in [-0.15, -0.1) is 0 Å². The first kappa shape index (κ1) is 74.3. The minimum absolute atomic E-state index is 0.0760. The van der Waals surface area contributed by atoms with Crippen LogP contribution in [0.15, 0.2) is 97.2 Å². The van der Waals surface area contributed by atoms with Crippen LogP contribution >= 0.6 is 0 Å². The van der Waals surface area contributed by atoms with Crippen LogP contribution in [0.1, 0.15) is 323 Å². The van der Waals surface area contributed by atoms with Gasteiger partial charge in [0.05, 0.1) is 0 Å². The number of ether oxygens (including phenoxy) is 3. The van der Waals surface area contributed by atoms with Gasteiger partial charge in [0.15, 0.2) is 6.10 Å². The number of rotatable bonds is 60. The second kappa shape index (κ2) is 65.8. The maximum atomic E-state index is 12.9. The van der Waals surface area contributed by atoms with Crippen molar-refractivity contribution >= 4 is 17.9 Å². The SMILES string of the molecule is CC/C=C\C/C=C\C/C=C\C/C=C\C/C=C\C/C=C\C/C=C\CCCCCCCCCCCCCCCC(=O)OCC(COC(=O)CCCCCCCCCCCCCC)OC(=O)CCCCCCC/C=C\CCCCCC. The van der Waals surface area contributed by atoms with E-state index in [-0.39, 0.29) is 31.1 Å². The lowest BCUT2D eigenvalue weighted by atomic mass is 10.0. The van der Waals surface area contributed by atoms with Gasteiger partial charge < -0.3 is 14.2 Å². The highest BCUT2D eigenvalue weighted by Gasteiger charge is 2.19. The molecule has 0 bridgehead atoms. The molecule has 0 radical (unpaired) electrons. The Labute approximate surface area is 483 Å². The first-order chi connectivity index (χ1) is 38.5. The van der Waals surface area contributed by atoms with Crippen LogP contribution in [-0.2, 0) is 28.6 Å². The van der Waals surface area contributed by atoms with Crippen molar-refractivity contribution in [3.05, 3.63) is 97.2 Å². The number of carbonyl (C=O) groups is 3. The number of unbranched alkanes of at least 4 members (excludes halogenated alkanes) is 33. The predicted molar refractivity (Wildman–Crippen MR) is 339 cm³/mol.